The van der Waals surface area contributed by atoms with E-state index in [1.165, 1.54) is 22.4 Å². The van der Waals surface area contributed by atoms with Crippen molar-refractivity contribution >= 4 is 40.5 Å². The van der Waals surface area contributed by atoms with Gasteiger partial charge in [-0.25, -0.2) is 23.5 Å². The maximum absolute atomic E-state index is 13.7. The first-order valence-electron chi connectivity index (χ1n) is 12.6. The molecule has 0 saturated carbocycles. The second-order valence-electron chi connectivity index (χ2n) is 9.83. The molecule has 15 heteroatoms. The van der Waals surface area contributed by atoms with Crippen LogP contribution in [0.25, 0.3) is 10.7 Å². The zero-order valence-electron chi connectivity index (χ0n) is 21.2. The topological polar surface area (TPSA) is 123 Å². The van der Waals surface area contributed by atoms with Crippen LogP contribution in [0.4, 0.5) is 20.4 Å². The van der Waals surface area contributed by atoms with Crippen molar-refractivity contribution in [2.75, 3.05) is 42.7 Å². The number of pyridine rings is 1. The van der Waals surface area contributed by atoms with Gasteiger partial charge in [0.1, 0.15) is 23.4 Å². The molecular weight excluding hydrogens is 570 g/mol. The lowest BCUT2D eigenvalue weighted by atomic mass is 9.90. The van der Waals surface area contributed by atoms with Gasteiger partial charge < -0.3 is 29.1 Å². The maximum Gasteiger partial charge on any atom is 0.326 e. The SMILES string of the molecule is C[C@@H]1N(c2cc(Cl)cnc2O[C@H]2C[C@@H](C(=O)O)N(c3nc(-c4cccs4)nc(C(F)F)n3)C2)CCOC12COC2. The Morgan fingerprint density at radius 2 is 2.12 bits per heavy atom. The average molecular weight is 595 g/mol. The van der Waals surface area contributed by atoms with Crippen molar-refractivity contribution in [2.24, 2.45) is 0 Å². The van der Waals surface area contributed by atoms with Crippen LogP contribution in [0.3, 0.4) is 0 Å². The Hall–Kier alpha value is -3.20. The molecule has 0 aromatic carbocycles. The predicted octanol–water partition coefficient (Wildman–Crippen LogP) is 3.69. The van der Waals surface area contributed by atoms with Gasteiger partial charge in [0.25, 0.3) is 6.43 Å². The summed E-state index contributed by atoms with van der Waals surface area (Å²) in [5, 5.41) is 12.2. The molecule has 0 aliphatic carbocycles. The van der Waals surface area contributed by atoms with Gasteiger partial charge in [-0.3, -0.25) is 0 Å². The molecule has 3 aliphatic heterocycles. The fourth-order valence-electron chi connectivity index (χ4n) is 5.23. The third-order valence-electron chi connectivity index (χ3n) is 7.41. The number of ether oxygens (including phenoxy) is 3. The number of hydrogen-bond donors (Lipinski definition) is 1. The molecule has 40 heavy (non-hydrogen) atoms. The van der Waals surface area contributed by atoms with Crippen LogP contribution < -0.4 is 14.5 Å². The summed E-state index contributed by atoms with van der Waals surface area (Å²) in [6.45, 7) is 4.09. The predicted molar refractivity (Wildman–Crippen MR) is 141 cm³/mol. The highest BCUT2D eigenvalue weighted by Gasteiger charge is 2.50. The summed E-state index contributed by atoms with van der Waals surface area (Å²) in [6, 6.07) is 4.04. The number of anilines is 2. The third-order valence-corrected chi connectivity index (χ3v) is 8.48. The number of aliphatic carboxylic acids is 1. The van der Waals surface area contributed by atoms with Crippen LogP contribution in [0.15, 0.2) is 29.8 Å². The van der Waals surface area contributed by atoms with Crippen molar-refractivity contribution in [3.63, 3.8) is 0 Å². The van der Waals surface area contributed by atoms with Gasteiger partial charge in [-0.15, -0.1) is 11.3 Å². The second kappa shape index (κ2) is 10.7. The molecule has 3 fully saturated rings. The zero-order chi connectivity index (χ0) is 28.0. The number of carboxylic acids is 1. The molecule has 3 aromatic rings. The number of nitrogens with zero attached hydrogens (tertiary/aromatic N) is 6. The third kappa shape index (κ3) is 4.93. The van der Waals surface area contributed by atoms with Crippen LogP contribution >= 0.6 is 22.9 Å². The molecule has 3 aromatic heterocycles. The standard InChI is InChI=1S/C25H25ClF2N6O5S/c1-13-25(11-37-12-25)38-5-4-33(13)16-7-14(26)9-29-22(16)39-15-8-17(23(35)36)34(10-15)24-31-20(18-3-2-6-40-18)30-21(32-24)19(27)28/h2-3,6-7,9,13,15,17,19H,4-5,8,10-12H2,1H3,(H,35,36)/t13-,15-,17-/m0/s1. The van der Waals surface area contributed by atoms with Gasteiger partial charge in [0, 0.05) is 19.2 Å². The molecule has 6 rings (SSSR count). The Balaban J connectivity index is 1.29. The monoisotopic (exact) mass is 594 g/mol. The van der Waals surface area contributed by atoms with E-state index >= 15 is 0 Å². The quantitative estimate of drug-likeness (QED) is 0.431. The molecule has 3 saturated heterocycles. The fraction of sp³-hybridized carbons (Fsp3) is 0.480. The molecule has 0 bridgehead atoms. The Kier molecular flexibility index (Phi) is 7.19. The number of aromatic nitrogens is 4. The molecule has 1 N–H and O–H groups in total. The van der Waals surface area contributed by atoms with Crippen LogP contribution in [0.5, 0.6) is 5.88 Å². The molecular formula is C25H25ClF2N6O5S. The van der Waals surface area contributed by atoms with E-state index in [4.69, 9.17) is 25.8 Å². The van der Waals surface area contributed by atoms with Gasteiger partial charge in [0.2, 0.25) is 17.7 Å². The van der Waals surface area contributed by atoms with E-state index in [9.17, 15) is 18.7 Å². The van der Waals surface area contributed by atoms with Crippen LogP contribution in [-0.2, 0) is 14.3 Å². The zero-order valence-corrected chi connectivity index (χ0v) is 22.8. The Bertz CT molecular complexity index is 1400. The minimum atomic E-state index is -2.96. The van der Waals surface area contributed by atoms with E-state index in [2.05, 4.69) is 24.8 Å². The molecule has 0 unspecified atom stereocenters. The molecule has 0 radical (unpaired) electrons. The normalized spacial score (nSPS) is 24.0. The molecule has 11 nitrogen and oxygen atoms in total. The van der Waals surface area contributed by atoms with Crippen molar-refractivity contribution in [2.45, 2.75) is 43.6 Å². The minimum absolute atomic E-state index is 0.0354. The van der Waals surface area contributed by atoms with Gasteiger partial charge in [-0.1, -0.05) is 17.7 Å². The summed E-state index contributed by atoms with van der Waals surface area (Å²) in [4.78, 5) is 32.9. The summed E-state index contributed by atoms with van der Waals surface area (Å²) >= 11 is 7.60. The fourth-order valence-corrected chi connectivity index (χ4v) is 6.04. The van der Waals surface area contributed by atoms with Gasteiger partial charge in [-0.05, 0) is 24.4 Å². The minimum Gasteiger partial charge on any atom is -0.480 e. The first kappa shape index (κ1) is 27.0. The molecule has 3 atom stereocenters. The van der Waals surface area contributed by atoms with Gasteiger partial charge in [0.15, 0.2) is 5.82 Å². The van der Waals surface area contributed by atoms with E-state index in [1.54, 1.807) is 23.6 Å². The van der Waals surface area contributed by atoms with Crippen molar-refractivity contribution in [1.82, 2.24) is 19.9 Å². The van der Waals surface area contributed by atoms with Crippen molar-refractivity contribution in [1.29, 1.82) is 0 Å². The highest BCUT2D eigenvalue weighted by atomic mass is 35.5. The van der Waals surface area contributed by atoms with E-state index in [1.807, 2.05) is 6.92 Å². The van der Waals surface area contributed by atoms with Gasteiger partial charge in [-0.2, -0.15) is 9.97 Å². The second-order valence-corrected chi connectivity index (χ2v) is 11.2. The van der Waals surface area contributed by atoms with Crippen LogP contribution in [0.2, 0.25) is 5.02 Å². The highest BCUT2D eigenvalue weighted by molar-refractivity contribution is 7.13. The lowest BCUT2D eigenvalue weighted by Gasteiger charge is -2.53. The van der Waals surface area contributed by atoms with Crippen molar-refractivity contribution < 1.29 is 32.9 Å². The Labute approximate surface area is 236 Å². The Morgan fingerprint density at radius 1 is 1.30 bits per heavy atom. The maximum atomic E-state index is 13.7. The first-order valence-corrected chi connectivity index (χ1v) is 13.9. The van der Waals surface area contributed by atoms with Crippen molar-refractivity contribution in [3.8, 4) is 16.6 Å². The number of hydrogen-bond acceptors (Lipinski definition) is 11. The number of alkyl halides is 2. The number of halogens is 3. The largest absolute Gasteiger partial charge is 0.480 e. The number of morpholine rings is 1. The summed E-state index contributed by atoms with van der Waals surface area (Å²) in [7, 11) is 0. The number of carbonyl (C=O) groups is 1. The van der Waals surface area contributed by atoms with E-state index in [-0.39, 0.29) is 36.7 Å². The van der Waals surface area contributed by atoms with Gasteiger partial charge >= 0.3 is 5.97 Å². The number of thiophene rings is 1. The van der Waals surface area contributed by atoms with Crippen molar-refractivity contribution in [3.05, 3.63) is 40.6 Å². The van der Waals surface area contributed by atoms with Gasteiger partial charge in [0.05, 0.1) is 42.3 Å². The lowest BCUT2D eigenvalue weighted by Crippen LogP contribution is -2.68. The summed E-state index contributed by atoms with van der Waals surface area (Å²) in [5.41, 5.74) is 0.220. The van der Waals surface area contributed by atoms with Crippen LogP contribution in [0.1, 0.15) is 25.6 Å². The summed E-state index contributed by atoms with van der Waals surface area (Å²) in [6.07, 6.45) is -2.09. The summed E-state index contributed by atoms with van der Waals surface area (Å²) in [5.74, 6) is -1.68. The number of carboxylic acid groups (broad SMARTS) is 1. The van der Waals surface area contributed by atoms with Crippen LogP contribution in [-0.4, -0.2) is 87.7 Å². The average Bonchev–Trinajstić information content (AvgIpc) is 3.60. The van der Waals surface area contributed by atoms with Crippen LogP contribution in [0, 0.1) is 0 Å². The molecule has 0 amide bonds. The van der Waals surface area contributed by atoms with E-state index in [0.29, 0.717) is 42.0 Å². The molecule has 6 heterocycles. The Morgan fingerprint density at radius 3 is 2.80 bits per heavy atom. The molecule has 1 spiro atoms. The smallest absolute Gasteiger partial charge is 0.326 e. The molecule has 3 aliphatic rings. The number of rotatable bonds is 7. The van der Waals surface area contributed by atoms with E-state index in [0.717, 1.165) is 0 Å². The van der Waals surface area contributed by atoms with E-state index < -0.39 is 36.0 Å². The lowest BCUT2D eigenvalue weighted by molar-refractivity contribution is -0.228. The first-order chi connectivity index (χ1) is 19.2. The highest BCUT2D eigenvalue weighted by Crippen LogP contribution is 2.40. The summed E-state index contributed by atoms with van der Waals surface area (Å²) < 4.78 is 45.1. The molecule has 212 valence electrons.